The maximum absolute atomic E-state index is 13.5. The maximum Gasteiger partial charge on any atom is 0.278 e. The summed E-state index contributed by atoms with van der Waals surface area (Å²) in [5.74, 6) is 0.0331. The third-order valence-corrected chi connectivity index (χ3v) is 6.03. The number of rotatable bonds is 6. The number of carbonyl (C=O) groups excluding carboxylic acids is 2. The summed E-state index contributed by atoms with van der Waals surface area (Å²) in [7, 11) is 1.59. The molecule has 1 heterocycles. The molecule has 0 atom stereocenters. The molecule has 0 radical (unpaired) electrons. The number of nitrogens with zero attached hydrogens (tertiary/aromatic N) is 1. The van der Waals surface area contributed by atoms with Gasteiger partial charge in [0.1, 0.15) is 11.4 Å². The quantitative estimate of drug-likeness (QED) is 0.486. The summed E-state index contributed by atoms with van der Waals surface area (Å²) < 4.78 is 5.26. The Hall–Kier alpha value is -3.86. The van der Waals surface area contributed by atoms with Crippen LogP contribution in [0.4, 0.5) is 5.69 Å². The van der Waals surface area contributed by atoms with Gasteiger partial charge in [-0.2, -0.15) is 0 Å². The molecule has 1 aliphatic rings. The number of anilines is 1. The van der Waals surface area contributed by atoms with Crippen molar-refractivity contribution in [3.05, 3.63) is 101 Å². The summed E-state index contributed by atoms with van der Waals surface area (Å²) in [6.45, 7) is 8.68. The predicted octanol–water partition coefficient (Wildman–Crippen LogP) is 5.69. The summed E-state index contributed by atoms with van der Waals surface area (Å²) in [5.41, 5.74) is 5.31. The van der Waals surface area contributed by atoms with Crippen LogP contribution in [0.2, 0.25) is 0 Å². The van der Waals surface area contributed by atoms with Gasteiger partial charge in [-0.25, -0.2) is 0 Å². The SMILES string of the molecule is COc1ccc(C2=C(Nc3ccc(C(C)(C)C)cc3)C(=O)N(Cc3ccc(C)cc3)C2=O)cc1. The third kappa shape index (κ3) is 4.74. The van der Waals surface area contributed by atoms with Crippen molar-refractivity contribution in [3.8, 4) is 5.75 Å². The number of hydrogen-bond donors (Lipinski definition) is 1. The largest absolute Gasteiger partial charge is 0.497 e. The first kappa shape index (κ1) is 23.3. The summed E-state index contributed by atoms with van der Waals surface area (Å²) in [6.07, 6.45) is 0. The van der Waals surface area contributed by atoms with E-state index in [0.717, 1.165) is 16.8 Å². The smallest absolute Gasteiger partial charge is 0.278 e. The van der Waals surface area contributed by atoms with E-state index in [0.29, 0.717) is 16.9 Å². The van der Waals surface area contributed by atoms with Crippen molar-refractivity contribution in [1.29, 1.82) is 0 Å². The first-order chi connectivity index (χ1) is 16.2. The number of nitrogens with one attached hydrogen (secondary N) is 1. The van der Waals surface area contributed by atoms with Crippen LogP contribution in [0.1, 0.15) is 43.0 Å². The fourth-order valence-electron chi connectivity index (χ4n) is 3.94. The molecule has 0 bridgehead atoms. The lowest BCUT2D eigenvalue weighted by Gasteiger charge is -2.19. The third-order valence-electron chi connectivity index (χ3n) is 6.03. The van der Waals surface area contributed by atoms with Crippen molar-refractivity contribution in [2.45, 2.75) is 39.7 Å². The number of carbonyl (C=O) groups is 2. The minimum atomic E-state index is -0.337. The Morgan fingerprint density at radius 2 is 1.44 bits per heavy atom. The molecule has 1 aliphatic heterocycles. The molecule has 0 aliphatic carbocycles. The molecule has 2 amide bonds. The highest BCUT2D eigenvalue weighted by molar-refractivity contribution is 6.36. The first-order valence-corrected chi connectivity index (χ1v) is 11.4. The lowest BCUT2D eigenvalue weighted by Crippen LogP contribution is -2.32. The van der Waals surface area contributed by atoms with E-state index in [2.05, 4.69) is 26.1 Å². The van der Waals surface area contributed by atoms with Crippen LogP contribution in [-0.4, -0.2) is 23.8 Å². The van der Waals surface area contributed by atoms with E-state index >= 15 is 0 Å². The standard InChI is InChI=1S/C29H30N2O3/c1-19-6-8-20(9-7-19)18-31-27(32)25(21-10-16-24(34-5)17-11-21)26(28(31)33)30-23-14-12-22(13-15-23)29(2,3)4/h6-17,30H,18H2,1-5H3. The van der Waals surface area contributed by atoms with E-state index < -0.39 is 0 Å². The fraction of sp³-hybridized carbons (Fsp3) is 0.241. The zero-order valence-corrected chi connectivity index (χ0v) is 20.3. The molecule has 174 valence electrons. The van der Waals surface area contributed by atoms with Gasteiger partial charge in [-0.3, -0.25) is 14.5 Å². The second-order valence-corrected chi connectivity index (χ2v) is 9.61. The fourth-order valence-corrected chi connectivity index (χ4v) is 3.94. The Bertz CT molecular complexity index is 1230. The zero-order valence-electron chi connectivity index (χ0n) is 20.3. The number of ether oxygens (including phenoxy) is 1. The van der Waals surface area contributed by atoms with Crippen LogP contribution in [0.3, 0.4) is 0 Å². The second-order valence-electron chi connectivity index (χ2n) is 9.61. The highest BCUT2D eigenvalue weighted by atomic mass is 16.5. The van der Waals surface area contributed by atoms with Gasteiger partial charge in [0.05, 0.1) is 19.2 Å². The van der Waals surface area contributed by atoms with Crippen molar-refractivity contribution in [2.24, 2.45) is 0 Å². The van der Waals surface area contributed by atoms with E-state index in [1.807, 2.05) is 55.5 Å². The van der Waals surface area contributed by atoms with Crippen LogP contribution in [-0.2, 0) is 21.5 Å². The van der Waals surface area contributed by atoms with E-state index in [-0.39, 0.29) is 29.5 Å². The van der Waals surface area contributed by atoms with Gasteiger partial charge >= 0.3 is 0 Å². The molecule has 0 spiro atoms. The minimum Gasteiger partial charge on any atom is -0.497 e. The maximum atomic E-state index is 13.5. The highest BCUT2D eigenvalue weighted by Gasteiger charge is 2.39. The number of benzene rings is 3. The predicted molar refractivity (Wildman–Crippen MR) is 135 cm³/mol. The molecular weight excluding hydrogens is 424 g/mol. The monoisotopic (exact) mass is 454 g/mol. The number of methoxy groups -OCH3 is 1. The molecule has 3 aromatic rings. The summed E-state index contributed by atoms with van der Waals surface area (Å²) in [5, 5.41) is 3.24. The normalized spacial score (nSPS) is 14.1. The highest BCUT2D eigenvalue weighted by Crippen LogP contribution is 2.33. The van der Waals surface area contributed by atoms with Gasteiger partial charge in [-0.15, -0.1) is 0 Å². The summed E-state index contributed by atoms with van der Waals surface area (Å²) in [6, 6.07) is 23.0. The van der Waals surface area contributed by atoms with E-state index in [1.54, 1.807) is 31.4 Å². The summed E-state index contributed by atoms with van der Waals surface area (Å²) >= 11 is 0. The number of hydrogen-bond acceptors (Lipinski definition) is 4. The van der Waals surface area contributed by atoms with E-state index in [9.17, 15) is 9.59 Å². The molecule has 3 aromatic carbocycles. The van der Waals surface area contributed by atoms with Gasteiger partial charge < -0.3 is 10.1 Å². The molecule has 0 unspecified atom stereocenters. The van der Waals surface area contributed by atoms with Crippen molar-refractivity contribution < 1.29 is 14.3 Å². The molecule has 0 saturated carbocycles. The lowest BCUT2D eigenvalue weighted by atomic mass is 9.87. The average molecular weight is 455 g/mol. The molecule has 0 fully saturated rings. The Balaban J connectivity index is 1.70. The molecular formula is C29H30N2O3. The molecule has 1 N–H and O–H groups in total. The van der Waals surface area contributed by atoms with Crippen molar-refractivity contribution >= 4 is 23.1 Å². The minimum absolute atomic E-state index is 0.0238. The molecule has 34 heavy (non-hydrogen) atoms. The van der Waals surface area contributed by atoms with Gasteiger partial charge in [0, 0.05) is 5.69 Å². The van der Waals surface area contributed by atoms with Crippen molar-refractivity contribution in [3.63, 3.8) is 0 Å². The summed E-state index contributed by atoms with van der Waals surface area (Å²) in [4.78, 5) is 28.3. The van der Waals surface area contributed by atoms with Crippen molar-refractivity contribution in [2.75, 3.05) is 12.4 Å². The average Bonchev–Trinajstić information content (AvgIpc) is 3.04. The number of amides is 2. The number of imide groups is 1. The van der Waals surface area contributed by atoms with Crippen LogP contribution < -0.4 is 10.1 Å². The van der Waals surface area contributed by atoms with Gasteiger partial charge in [0.25, 0.3) is 11.8 Å². The molecule has 5 nitrogen and oxygen atoms in total. The van der Waals surface area contributed by atoms with Gasteiger partial charge in [-0.05, 0) is 53.3 Å². The Morgan fingerprint density at radius 3 is 2.00 bits per heavy atom. The van der Waals surface area contributed by atoms with Crippen LogP contribution in [0.25, 0.3) is 5.57 Å². The van der Waals surface area contributed by atoms with Gasteiger partial charge in [0.2, 0.25) is 0 Å². The Morgan fingerprint density at radius 1 is 0.824 bits per heavy atom. The molecule has 0 aromatic heterocycles. The van der Waals surface area contributed by atoms with Crippen LogP contribution in [0.5, 0.6) is 5.75 Å². The van der Waals surface area contributed by atoms with E-state index in [1.165, 1.54) is 10.5 Å². The van der Waals surface area contributed by atoms with Gasteiger partial charge in [-0.1, -0.05) is 74.9 Å². The van der Waals surface area contributed by atoms with Crippen LogP contribution in [0, 0.1) is 6.92 Å². The Kier molecular flexibility index (Phi) is 6.29. The number of aryl methyl sites for hydroxylation is 1. The van der Waals surface area contributed by atoms with E-state index in [4.69, 9.17) is 4.74 Å². The van der Waals surface area contributed by atoms with Gasteiger partial charge in [0.15, 0.2) is 0 Å². The lowest BCUT2D eigenvalue weighted by molar-refractivity contribution is -0.137. The first-order valence-electron chi connectivity index (χ1n) is 11.4. The Labute approximate surface area is 201 Å². The second kappa shape index (κ2) is 9.18. The zero-order chi connectivity index (χ0) is 24.5. The van der Waals surface area contributed by atoms with Crippen molar-refractivity contribution in [1.82, 2.24) is 4.90 Å². The van der Waals surface area contributed by atoms with Crippen LogP contribution >= 0.6 is 0 Å². The molecule has 4 rings (SSSR count). The molecule has 0 saturated heterocycles. The molecule has 5 heteroatoms. The van der Waals surface area contributed by atoms with Crippen LogP contribution in [0.15, 0.2) is 78.5 Å². The topological polar surface area (TPSA) is 58.6 Å².